The van der Waals surface area contributed by atoms with Crippen molar-refractivity contribution in [3.63, 3.8) is 0 Å². The van der Waals surface area contributed by atoms with Gasteiger partial charge in [-0.15, -0.1) is 10.2 Å². The maximum Gasteiger partial charge on any atom is 0.179 e. The minimum atomic E-state index is -0.558. The third-order valence-corrected chi connectivity index (χ3v) is 3.57. The highest BCUT2D eigenvalue weighted by molar-refractivity contribution is 5.43. The molecule has 5 nitrogen and oxygen atoms in total. The lowest BCUT2D eigenvalue weighted by molar-refractivity contribution is -0.155. The van der Waals surface area contributed by atoms with Gasteiger partial charge in [-0.05, 0) is 11.6 Å². The quantitative estimate of drug-likeness (QED) is 0.695. The van der Waals surface area contributed by atoms with E-state index in [1.54, 1.807) is 6.33 Å². The van der Waals surface area contributed by atoms with Gasteiger partial charge in [0.1, 0.15) is 12.2 Å². The largest absolute Gasteiger partial charge is 0.347 e. The molecule has 1 saturated heterocycles. The lowest BCUT2D eigenvalue weighted by Gasteiger charge is -2.25. The zero-order valence-electron chi connectivity index (χ0n) is 9.87. The van der Waals surface area contributed by atoms with Crippen LogP contribution in [0, 0.1) is 0 Å². The van der Waals surface area contributed by atoms with E-state index in [1.807, 2.05) is 16.7 Å². The Morgan fingerprint density at radius 1 is 1.11 bits per heavy atom. The molecule has 0 radical (unpaired) electrons. The van der Waals surface area contributed by atoms with E-state index in [0.717, 1.165) is 17.9 Å². The van der Waals surface area contributed by atoms with Crippen LogP contribution in [0.15, 0.2) is 30.6 Å². The Labute approximate surface area is 104 Å². The Kier molecular flexibility index (Phi) is 2.06. The average Bonchev–Trinajstić information content (AvgIpc) is 2.98. The Morgan fingerprint density at radius 3 is 2.83 bits per heavy atom. The molecule has 0 atom stereocenters. The summed E-state index contributed by atoms with van der Waals surface area (Å²) in [5, 5.41) is 8.19. The van der Waals surface area contributed by atoms with Crippen molar-refractivity contribution in [3.05, 3.63) is 42.0 Å². The first-order valence-electron chi connectivity index (χ1n) is 6.11. The second-order valence-corrected chi connectivity index (χ2v) is 4.71. The SMILES string of the molecule is c1ccc2c(c1)CC1(Cc3nncn3-2)OCCO1. The molecular weight excluding hydrogens is 230 g/mol. The fraction of sp³-hybridized carbons (Fsp3) is 0.385. The number of nitrogens with zero attached hydrogens (tertiary/aromatic N) is 3. The highest BCUT2D eigenvalue weighted by Crippen LogP contribution is 2.33. The highest BCUT2D eigenvalue weighted by atomic mass is 16.7. The number of ether oxygens (including phenoxy) is 2. The molecule has 0 aliphatic carbocycles. The fourth-order valence-corrected chi connectivity index (χ4v) is 2.77. The number of fused-ring (bicyclic) bond motifs is 3. The molecule has 0 saturated carbocycles. The van der Waals surface area contributed by atoms with Crippen LogP contribution in [0.5, 0.6) is 0 Å². The average molecular weight is 243 g/mol. The Bertz CT molecular complexity index is 587. The molecule has 18 heavy (non-hydrogen) atoms. The number of hydrogen-bond donors (Lipinski definition) is 0. The maximum absolute atomic E-state index is 5.84. The van der Waals surface area contributed by atoms with Crippen molar-refractivity contribution in [1.29, 1.82) is 0 Å². The first-order chi connectivity index (χ1) is 8.86. The van der Waals surface area contributed by atoms with Crippen molar-refractivity contribution in [2.24, 2.45) is 0 Å². The van der Waals surface area contributed by atoms with Crippen molar-refractivity contribution in [3.8, 4) is 5.69 Å². The van der Waals surface area contributed by atoms with E-state index < -0.39 is 5.79 Å². The van der Waals surface area contributed by atoms with Gasteiger partial charge in [-0.3, -0.25) is 4.57 Å². The van der Waals surface area contributed by atoms with Crippen LogP contribution in [0.3, 0.4) is 0 Å². The summed E-state index contributed by atoms with van der Waals surface area (Å²) in [6.45, 7) is 1.30. The van der Waals surface area contributed by atoms with Crippen molar-refractivity contribution in [2.75, 3.05) is 13.2 Å². The number of benzene rings is 1. The zero-order chi connectivity index (χ0) is 12.0. The lowest BCUT2D eigenvalue weighted by atomic mass is 10.0. The summed E-state index contributed by atoms with van der Waals surface area (Å²) < 4.78 is 13.7. The summed E-state index contributed by atoms with van der Waals surface area (Å²) in [4.78, 5) is 0. The molecule has 1 aromatic heterocycles. The first-order valence-corrected chi connectivity index (χ1v) is 6.11. The summed E-state index contributed by atoms with van der Waals surface area (Å²) in [6.07, 6.45) is 3.15. The van der Waals surface area contributed by atoms with Crippen molar-refractivity contribution >= 4 is 0 Å². The molecular formula is C13H13N3O2. The molecule has 2 aliphatic rings. The van der Waals surface area contributed by atoms with Gasteiger partial charge in [-0.1, -0.05) is 18.2 Å². The molecule has 0 unspecified atom stereocenters. The third-order valence-electron chi connectivity index (χ3n) is 3.57. The monoisotopic (exact) mass is 243 g/mol. The fourth-order valence-electron chi connectivity index (χ4n) is 2.77. The number of aromatic nitrogens is 3. The second kappa shape index (κ2) is 3.63. The molecule has 0 bridgehead atoms. The normalized spacial score (nSPS) is 20.4. The van der Waals surface area contributed by atoms with Crippen LogP contribution in [-0.2, 0) is 22.3 Å². The van der Waals surface area contributed by atoms with Crippen molar-refractivity contribution < 1.29 is 9.47 Å². The van der Waals surface area contributed by atoms with Gasteiger partial charge in [-0.25, -0.2) is 0 Å². The van der Waals surface area contributed by atoms with Crippen LogP contribution in [-0.4, -0.2) is 33.8 Å². The lowest BCUT2D eigenvalue weighted by Crippen LogP contribution is -2.35. The molecule has 92 valence electrons. The van der Waals surface area contributed by atoms with Gasteiger partial charge in [0.05, 0.1) is 25.3 Å². The second-order valence-electron chi connectivity index (χ2n) is 4.71. The molecule has 1 aromatic carbocycles. The Balaban J connectivity index is 1.92. The molecule has 0 amide bonds. The molecule has 1 fully saturated rings. The Morgan fingerprint density at radius 2 is 1.94 bits per heavy atom. The first kappa shape index (κ1) is 10.2. The van der Waals surface area contributed by atoms with Crippen molar-refractivity contribution in [2.45, 2.75) is 18.6 Å². The summed E-state index contributed by atoms with van der Waals surface area (Å²) in [5.41, 5.74) is 2.33. The summed E-state index contributed by atoms with van der Waals surface area (Å²) in [6, 6.07) is 8.25. The van der Waals surface area contributed by atoms with Crippen LogP contribution in [0.1, 0.15) is 11.4 Å². The molecule has 2 aliphatic heterocycles. The topological polar surface area (TPSA) is 49.2 Å². The van der Waals surface area contributed by atoms with Gasteiger partial charge in [0, 0.05) is 6.42 Å². The van der Waals surface area contributed by atoms with E-state index in [0.29, 0.717) is 19.6 Å². The molecule has 3 heterocycles. The predicted octanol–water partition coefficient (Wildman–Crippen LogP) is 1.11. The van der Waals surface area contributed by atoms with E-state index in [4.69, 9.17) is 9.47 Å². The van der Waals surface area contributed by atoms with E-state index >= 15 is 0 Å². The van der Waals surface area contributed by atoms with E-state index in [1.165, 1.54) is 5.56 Å². The van der Waals surface area contributed by atoms with Crippen molar-refractivity contribution in [1.82, 2.24) is 14.8 Å². The molecule has 4 rings (SSSR count). The van der Waals surface area contributed by atoms with Crippen LogP contribution in [0.2, 0.25) is 0 Å². The smallest absolute Gasteiger partial charge is 0.179 e. The minimum absolute atomic E-state index is 0.558. The third kappa shape index (κ3) is 1.41. The zero-order valence-corrected chi connectivity index (χ0v) is 9.87. The highest BCUT2D eigenvalue weighted by Gasteiger charge is 2.41. The Hall–Kier alpha value is -1.72. The van der Waals surface area contributed by atoms with Gasteiger partial charge < -0.3 is 9.47 Å². The van der Waals surface area contributed by atoms with Gasteiger partial charge in [0.15, 0.2) is 5.79 Å². The number of para-hydroxylation sites is 1. The minimum Gasteiger partial charge on any atom is -0.347 e. The molecule has 1 spiro atoms. The van der Waals surface area contributed by atoms with E-state index in [9.17, 15) is 0 Å². The van der Waals surface area contributed by atoms with Gasteiger partial charge in [0.25, 0.3) is 0 Å². The molecule has 5 heteroatoms. The number of rotatable bonds is 0. The summed E-state index contributed by atoms with van der Waals surface area (Å²) >= 11 is 0. The van der Waals surface area contributed by atoms with Gasteiger partial charge in [0.2, 0.25) is 0 Å². The van der Waals surface area contributed by atoms with Crippen LogP contribution < -0.4 is 0 Å². The molecule has 2 aromatic rings. The van der Waals surface area contributed by atoms with E-state index in [2.05, 4.69) is 22.3 Å². The summed E-state index contributed by atoms with van der Waals surface area (Å²) in [5.74, 6) is 0.332. The standard InChI is InChI=1S/C13H13N3O2/c1-2-4-11-10(3-1)7-13(17-5-6-18-13)8-12-15-14-9-16(11)12/h1-4,9H,5-8H2. The van der Waals surface area contributed by atoms with Crippen LogP contribution >= 0.6 is 0 Å². The van der Waals surface area contributed by atoms with Crippen LogP contribution in [0.25, 0.3) is 5.69 Å². The predicted molar refractivity (Wildman–Crippen MR) is 63.4 cm³/mol. The van der Waals surface area contributed by atoms with Gasteiger partial charge >= 0.3 is 0 Å². The maximum atomic E-state index is 5.84. The van der Waals surface area contributed by atoms with Gasteiger partial charge in [-0.2, -0.15) is 0 Å². The molecule has 0 N–H and O–H groups in total. The van der Waals surface area contributed by atoms with E-state index in [-0.39, 0.29) is 0 Å². The number of hydrogen-bond acceptors (Lipinski definition) is 4. The van der Waals surface area contributed by atoms with Crippen LogP contribution in [0.4, 0.5) is 0 Å². The summed E-state index contributed by atoms with van der Waals surface area (Å²) in [7, 11) is 0.